The van der Waals surface area contributed by atoms with E-state index in [1.165, 1.54) is 44.1 Å². The average molecular weight is 488 g/mol. The van der Waals surface area contributed by atoms with Gasteiger partial charge in [0.05, 0.1) is 12.0 Å². The molecule has 4 fully saturated rings. The molecule has 1 N–H and O–H groups in total. The fourth-order valence-electron chi connectivity index (χ4n) is 6.79. The maximum absolute atomic E-state index is 12.8. The van der Waals surface area contributed by atoms with Crippen LogP contribution in [0, 0.1) is 24.7 Å². The molecule has 35 heavy (non-hydrogen) atoms. The van der Waals surface area contributed by atoms with Gasteiger partial charge in [-0.15, -0.1) is 11.3 Å². The van der Waals surface area contributed by atoms with Crippen LogP contribution in [0.1, 0.15) is 49.8 Å². The maximum atomic E-state index is 12.8. The summed E-state index contributed by atoms with van der Waals surface area (Å²) in [5.41, 5.74) is 3.13. The number of aromatic nitrogens is 1. The Labute approximate surface area is 210 Å². The number of ether oxygens (including phenoxy) is 1. The Kier molecular flexibility index (Phi) is 5.79. The highest BCUT2D eigenvalue weighted by atomic mass is 32.1. The summed E-state index contributed by atoms with van der Waals surface area (Å²) in [7, 11) is 2.05. The molecule has 182 valence electrons. The maximum Gasteiger partial charge on any atom is 0.230 e. The fourth-order valence-corrected chi connectivity index (χ4v) is 7.79. The van der Waals surface area contributed by atoms with Crippen molar-refractivity contribution in [2.75, 3.05) is 5.32 Å². The first-order chi connectivity index (χ1) is 16.9. The van der Waals surface area contributed by atoms with E-state index in [0.29, 0.717) is 6.42 Å². The van der Waals surface area contributed by atoms with E-state index in [-0.39, 0.29) is 11.4 Å². The van der Waals surface area contributed by atoms with Gasteiger partial charge in [-0.2, -0.15) is 0 Å². The lowest BCUT2D eigenvalue weighted by Gasteiger charge is -2.54. The molecule has 1 amide bonds. The Hall–Kier alpha value is -2.86. The predicted octanol–water partition coefficient (Wildman–Crippen LogP) is 6.24. The number of benzene rings is 2. The lowest BCUT2D eigenvalue weighted by atomic mass is 9.53. The first-order valence-electron chi connectivity index (χ1n) is 12.8. The second-order valence-corrected chi connectivity index (χ2v) is 11.8. The molecule has 4 bridgehead atoms. The summed E-state index contributed by atoms with van der Waals surface area (Å²) in [5, 5.41) is 5.11. The lowest BCUT2D eigenvalue weighted by Crippen LogP contribution is -2.50. The van der Waals surface area contributed by atoms with Crippen LogP contribution in [0.15, 0.2) is 58.9 Å². The molecule has 4 aliphatic rings. The quantitative estimate of drug-likeness (QED) is 0.448. The number of hydrogen-bond acceptors (Lipinski definition) is 4. The number of hydrogen-bond donors (Lipinski definition) is 1. The normalized spacial score (nSPS) is 27.3. The zero-order chi connectivity index (χ0) is 24.0. The highest BCUT2D eigenvalue weighted by Gasteiger charge is 2.51. The van der Waals surface area contributed by atoms with Gasteiger partial charge in [-0.3, -0.25) is 9.79 Å². The Bertz CT molecular complexity index is 1250. The van der Waals surface area contributed by atoms with E-state index in [1.54, 1.807) is 11.3 Å². The number of nitrogens with one attached hydrogen (secondary N) is 1. The van der Waals surface area contributed by atoms with Crippen molar-refractivity contribution in [1.29, 1.82) is 0 Å². The molecule has 4 aliphatic carbocycles. The molecule has 1 aromatic heterocycles. The van der Waals surface area contributed by atoms with Gasteiger partial charge in [0.15, 0.2) is 4.80 Å². The van der Waals surface area contributed by atoms with E-state index in [2.05, 4.69) is 29.2 Å². The summed E-state index contributed by atoms with van der Waals surface area (Å²) < 4.78 is 8.01. The van der Waals surface area contributed by atoms with Gasteiger partial charge in [-0.05, 0) is 99.6 Å². The minimum atomic E-state index is -0.0213. The molecule has 6 heteroatoms. The monoisotopic (exact) mass is 487 g/mol. The van der Waals surface area contributed by atoms with E-state index in [4.69, 9.17) is 9.73 Å². The van der Waals surface area contributed by atoms with Crippen molar-refractivity contribution in [1.82, 2.24) is 4.57 Å². The third kappa shape index (κ3) is 4.81. The van der Waals surface area contributed by atoms with E-state index >= 15 is 0 Å². The SMILES string of the molecule is Cc1ccc(Oc2ccc(NC(=O)Cc3csc(=NC45CC6CC(CC(C6)C4)C5)n3C)cc2)cc1. The molecule has 3 aromatic rings. The van der Waals surface area contributed by atoms with Crippen LogP contribution >= 0.6 is 11.3 Å². The van der Waals surface area contributed by atoms with Crippen LogP contribution in [-0.4, -0.2) is 16.0 Å². The third-order valence-corrected chi connectivity index (χ3v) is 9.06. The highest BCUT2D eigenvalue weighted by Crippen LogP contribution is 2.57. The molecule has 5 nitrogen and oxygen atoms in total. The van der Waals surface area contributed by atoms with Crippen LogP contribution in [0.5, 0.6) is 11.5 Å². The van der Waals surface area contributed by atoms with Gasteiger partial charge < -0.3 is 14.6 Å². The van der Waals surface area contributed by atoms with Crippen LogP contribution in [0.3, 0.4) is 0 Å². The summed E-state index contributed by atoms with van der Waals surface area (Å²) in [4.78, 5) is 19.2. The van der Waals surface area contributed by atoms with Crippen LogP contribution in [-0.2, 0) is 18.3 Å². The van der Waals surface area contributed by atoms with E-state index in [9.17, 15) is 4.79 Å². The number of carbonyl (C=O) groups is 1. The second kappa shape index (κ2) is 8.98. The van der Waals surface area contributed by atoms with Crippen LogP contribution in [0.2, 0.25) is 0 Å². The van der Waals surface area contributed by atoms with Gasteiger partial charge in [-0.25, -0.2) is 0 Å². The van der Waals surface area contributed by atoms with Crippen molar-refractivity contribution in [2.45, 2.75) is 57.4 Å². The average Bonchev–Trinajstić information content (AvgIpc) is 3.14. The van der Waals surface area contributed by atoms with Gasteiger partial charge in [0, 0.05) is 23.8 Å². The molecule has 4 saturated carbocycles. The first-order valence-corrected chi connectivity index (χ1v) is 13.6. The van der Waals surface area contributed by atoms with Crippen molar-refractivity contribution < 1.29 is 9.53 Å². The van der Waals surface area contributed by atoms with E-state index < -0.39 is 0 Å². The minimum Gasteiger partial charge on any atom is -0.457 e. The second-order valence-electron chi connectivity index (χ2n) is 11.0. The standard InChI is InChI=1S/C29H33N3O2S/c1-19-3-7-25(8-4-19)34-26-9-5-23(6-10-26)30-27(33)14-24-18-35-28(32(24)2)31-29-15-20-11-21(16-29)13-22(12-20)17-29/h3-10,18,20-22H,11-17H2,1-2H3,(H,30,33). The van der Waals surface area contributed by atoms with Gasteiger partial charge in [0.25, 0.3) is 0 Å². The number of anilines is 1. The minimum absolute atomic E-state index is 0.0213. The molecule has 7 rings (SSSR count). The van der Waals surface area contributed by atoms with Crippen molar-refractivity contribution >= 4 is 22.9 Å². The molecule has 0 spiro atoms. The number of carbonyl (C=O) groups excluding carboxylic acids is 1. The number of amides is 1. The van der Waals surface area contributed by atoms with Crippen LogP contribution in [0.25, 0.3) is 0 Å². The lowest BCUT2D eigenvalue weighted by molar-refractivity contribution is -0.115. The van der Waals surface area contributed by atoms with E-state index in [0.717, 1.165) is 45.4 Å². The Morgan fingerprint density at radius 3 is 2.17 bits per heavy atom. The topological polar surface area (TPSA) is 55.6 Å². The van der Waals surface area contributed by atoms with Gasteiger partial charge in [-0.1, -0.05) is 17.7 Å². The molecule has 1 heterocycles. The van der Waals surface area contributed by atoms with Gasteiger partial charge in [0.1, 0.15) is 11.5 Å². The largest absolute Gasteiger partial charge is 0.457 e. The van der Waals surface area contributed by atoms with Crippen molar-refractivity contribution in [2.24, 2.45) is 29.8 Å². The zero-order valence-electron chi connectivity index (χ0n) is 20.5. The summed E-state index contributed by atoms with van der Waals surface area (Å²) in [6, 6.07) is 15.5. The number of aryl methyl sites for hydroxylation is 1. The predicted molar refractivity (Wildman–Crippen MR) is 140 cm³/mol. The summed E-state index contributed by atoms with van der Waals surface area (Å²) in [6.45, 7) is 2.05. The Balaban J connectivity index is 1.10. The van der Waals surface area contributed by atoms with Crippen LogP contribution < -0.4 is 14.9 Å². The fraction of sp³-hybridized carbons (Fsp3) is 0.448. The molecule has 0 saturated heterocycles. The first kappa shape index (κ1) is 22.6. The molecule has 0 radical (unpaired) electrons. The van der Waals surface area contributed by atoms with Crippen LogP contribution in [0.4, 0.5) is 5.69 Å². The Morgan fingerprint density at radius 1 is 1.00 bits per heavy atom. The zero-order valence-corrected chi connectivity index (χ0v) is 21.3. The summed E-state index contributed by atoms with van der Waals surface area (Å²) in [5.74, 6) is 4.17. The number of nitrogens with zero attached hydrogens (tertiary/aromatic N) is 2. The summed E-state index contributed by atoms with van der Waals surface area (Å²) in [6.07, 6.45) is 8.40. The van der Waals surface area contributed by atoms with Crippen molar-refractivity contribution in [3.63, 3.8) is 0 Å². The molecule has 0 unspecified atom stereocenters. The Morgan fingerprint density at radius 2 is 1.57 bits per heavy atom. The van der Waals surface area contributed by atoms with Gasteiger partial charge >= 0.3 is 0 Å². The van der Waals surface area contributed by atoms with Crippen molar-refractivity contribution in [3.8, 4) is 11.5 Å². The molecule has 0 atom stereocenters. The third-order valence-electron chi connectivity index (χ3n) is 8.09. The smallest absolute Gasteiger partial charge is 0.230 e. The van der Waals surface area contributed by atoms with Gasteiger partial charge in [0.2, 0.25) is 5.91 Å². The molecular weight excluding hydrogens is 454 g/mol. The summed E-state index contributed by atoms with van der Waals surface area (Å²) >= 11 is 1.68. The highest BCUT2D eigenvalue weighted by molar-refractivity contribution is 7.07. The van der Waals surface area contributed by atoms with E-state index in [1.807, 2.05) is 48.5 Å². The molecule has 2 aromatic carbocycles. The number of rotatable bonds is 6. The van der Waals surface area contributed by atoms with Crippen molar-refractivity contribution in [3.05, 3.63) is 70.0 Å². The molecular formula is C29H33N3O2S. The molecule has 0 aliphatic heterocycles. The number of thiazole rings is 1.